The summed E-state index contributed by atoms with van der Waals surface area (Å²) in [6.07, 6.45) is 7.11. The van der Waals surface area contributed by atoms with E-state index in [1.54, 1.807) is 0 Å². The highest BCUT2D eigenvalue weighted by molar-refractivity contribution is 5.80. The van der Waals surface area contributed by atoms with Crippen LogP contribution in [-0.2, 0) is 9.59 Å². The van der Waals surface area contributed by atoms with Crippen molar-refractivity contribution in [3.63, 3.8) is 0 Å². The van der Waals surface area contributed by atoms with Crippen molar-refractivity contribution in [3.8, 4) is 0 Å². The molecule has 100 valence electrons. The van der Waals surface area contributed by atoms with Crippen LogP contribution >= 0.6 is 0 Å². The van der Waals surface area contributed by atoms with Crippen LogP contribution in [0.4, 0.5) is 0 Å². The quantitative estimate of drug-likeness (QED) is 0.783. The third-order valence-electron chi connectivity index (χ3n) is 5.10. The molecule has 3 rings (SSSR count). The van der Waals surface area contributed by atoms with Crippen molar-refractivity contribution < 1.29 is 14.7 Å². The zero-order valence-corrected chi connectivity index (χ0v) is 10.7. The van der Waals surface area contributed by atoms with Gasteiger partial charge in [0.15, 0.2) is 0 Å². The lowest BCUT2D eigenvalue weighted by molar-refractivity contribution is -0.141. The molecule has 18 heavy (non-hydrogen) atoms. The number of carboxylic acids is 1. The van der Waals surface area contributed by atoms with Crippen molar-refractivity contribution in [2.75, 3.05) is 6.54 Å². The normalized spacial score (nSPS) is 33.1. The van der Waals surface area contributed by atoms with Gasteiger partial charge >= 0.3 is 5.97 Å². The molecule has 0 saturated heterocycles. The summed E-state index contributed by atoms with van der Waals surface area (Å²) in [5.41, 5.74) is 0.431. The number of nitrogens with one attached hydrogen (secondary N) is 1. The first-order valence-corrected chi connectivity index (χ1v) is 7.11. The molecule has 4 nitrogen and oxygen atoms in total. The largest absolute Gasteiger partial charge is 0.481 e. The first kappa shape index (κ1) is 12.0. The number of amides is 1. The molecule has 3 saturated carbocycles. The van der Waals surface area contributed by atoms with Crippen LogP contribution in [0.3, 0.4) is 0 Å². The highest BCUT2D eigenvalue weighted by atomic mass is 16.4. The number of carbonyl (C=O) groups is 2. The number of hydrogen-bond donors (Lipinski definition) is 2. The van der Waals surface area contributed by atoms with E-state index in [0.717, 1.165) is 18.9 Å². The highest BCUT2D eigenvalue weighted by Gasteiger charge is 2.53. The predicted octanol–water partition coefficient (Wildman–Crippen LogP) is 1.79. The maximum atomic E-state index is 12.0. The van der Waals surface area contributed by atoms with Gasteiger partial charge in [0.1, 0.15) is 0 Å². The predicted molar refractivity (Wildman–Crippen MR) is 65.9 cm³/mol. The molecule has 3 fully saturated rings. The van der Waals surface area contributed by atoms with E-state index in [9.17, 15) is 9.59 Å². The molecule has 0 heterocycles. The van der Waals surface area contributed by atoms with Crippen LogP contribution in [-0.4, -0.2) is 23.5 Å². The molecule has 0 spiro atoms. The molecular weight excluding hydrogens is 230 g/mol. The van der Waals surface area contributed by atoms with Gasteiger partial charge in [-0.2, -0.15) is 0 Å². The summed E-state index contributed by atoms with van der Waals surface area (Å²) in [7, 11) is 0. The van der Waals surface area contributed by atoms with Gasteiger partial charge in [-0.25, -0.2) is 0 Å². The van der Waals surface area contributed by atoms with E-state index in [1.807, 2.05) is 0 Å². The third-order valence-corrected chi connectivity index (χ3v) is 5.10. The molecule has 1 amide bonds. The van der Waals surface area contributed by atoms with Crippen LogP contribution in [0.1, 0.15) is 44.9 Å². The van der Waals surface area contributed by atoms with Crippen LogP contribution in [0.5, 0.6) is 0 Å². The first-order chi connectivity index (χ1) is 8.61. The molecule has 0 aromatic rings. The summed E-state index contributed by atoms with van der Waals surface area (Å²) in [6, 6.07) is 0. The Balaban J connectivity index is 1.46. The average Bonchev–Trinajstić information content (AvgIpc) is 3.23. The summed E-state index contributed by atoms with van der Waals surface area (Å²) >= 11 is 0. The van der Waals surface area contributed by atoms with Gasteiger partial charge < -0.3 is 10.4 Å². The monoisotopic (exact) mass is 251 g/mol. The van der Waals surface area contributed by atoms with Crippen LogP contribution < -0.4 is 5.32 Å². The van der Waals surface area contributed by atoms with Crippen LogP contribution in [0.15, 0.2) is 0 Å². The van der Waals surface area contributed by atoms with Gasteiger partial charge in [0.25, 0.3) is 0 Å². The summed E-state index contributed by atoms with van der Waals surface area (Å²) < 4.78 is 0. The second kappa shape index (κ2) is 4.25. The highest BCUT2D eigenvalue weighted by Crippen LogP contribution is 2.60. The minimum atomic E-state index is -0.748. The summed E-state index contributed by atoms with van der Waals surface area (Å²) in [6.45, 7) is 0.824. The van der Waals surface area contributed by atoms with Crippen LogP contribution in [0.25, 0.3) is 0 Å². The second-order valence-corrected chi connectivity index (χ2v) is 6.40. The molecule has 3 aliphatic carbocycles. The molecule has 2 atom stereocenters. The summed E-state index contributed by atoms with van der Waals surface area (Å²) in [4.78, 5) is 22.9. The lowest BCUT2D eigenvalue weighted by Gasteiger charge is -2.17. The van der Waals surface area contributed by atoms with E-state index >= 15 is 0 Å². The minimum absolute atomic E-state index is 0.0684. The smallest absolute Gasteiger partial charge is 0.306 e. The van der Waals surface area contributed by atoms with Gasteiger partial charge in [-0.15, -0.1) is 0 Å². The Morgan fingerprint density at radius 2 is 1.78 bits per heavy atom. The maximum Gasteiger partial charge on any atom is 0.306 e. The third kappa shape index (κ3) is 2.25. The lowest BCUT2D eigenvalue weighted by Crippen LogP contribution is -2.35. The molecule has 0 aliphatic heterocycles. The molecule has 2 N–H and O–H groups in total. The van der Waals surface area contributed by atoms with Crippen molar-refractivity contribution in [2.24, 2.45) is 23.2 Å². The molecular formula is C14H21NO3. The summed E-state index contributed by atoms with van der Waals surface area (Å²) in [5.74, 6) is -0.180. The second-order valence-electron chi connectivity index (χ2n) is 6.40. The van der Waals surface area contributed by atoms with Crippen molar-refractivity contribution in [2.45, 2.75) is 44.9 Å². The minimum Gasteiger partial charge on any atom is -0.481 e. The Morgan fingerprint density at radius 1 is 1.11 bits per heavy atom. The van der Waals surface area contributed by atoms with Gasteiger partial charge in [-0.05, 0) is 56.3 Å². The fourth-order valence-electron chi connectivity index (χ4n) is 3.44. The van der Waals surface area contributed by atoms with E-state index in [4.69, 9.17) is 5.11 Å². The molecule has 0 radical (unpaired) electrons. The molecule has 3 aliphatic rings. The zero-order chi connectivity index (χ0) is 12.8. The van der Waals surface area contributed by atoms with E-state index < -0.39 is 5.97 Å². The summed E-state index contributed by atoms with van der Waals surface area (Å²) in [5, 5.41) is 12.0. The Kier molecular flexibility index (Phi) is 2.83. The number of hydrogen-bond acceptors (Lipinski definition) is 2. The van der Waals surface area contributed by atoms with Crippen molar-refractivity contribution in [3.05, 3.63) is 0 Å². The van der Waals surface area contributed by atoms with Gasteiger partial charge in [0.05, 0.1) is 5.92 Å². The van der Waals surface area contributed by atoms with E-state index in [2.05, 4.69) is 5.32 Å². The van der Waals surface area contributed by atoms with Gasteiger partial charge in [0.2, 0.25) is 5.91 Å². The number of rotatable bonds is 5. The van der Waals surface area contributed by atoms with Crippen LogP contribution in [0, 0.1) is 23.2 Å². The first-order valence-electron chi connectivity index (χ1n) is 7.11. The molecule has 4 heteroatoms. The Hall–Kier alpha value is -1.06. The fourth-order valence-corrected chi connectivity index (χ4v) is 3.44. The zero-order valence-electron chi connectivity index (χ0n) is 10.7. The number of carbonyl (C=O) groups excluding carboxylic acids is 1. The van der Waals surface area contributed by atoms with E-state index in [-0.39, 0.29) is 17.7 Å². The Morgan fingerprint density at radius 3 is 2.28 bits per heavy atom. The molecule has 0 bridgehead atoms. The Bertz CT molecular complexity index is 371. The molecule has 0 aromatic heterocycles. The number of aliphatic carboxylic acids is 1. The van der Waals surface area contributed by atoms with E-state index in [1.165, 1.54) is 25.7 Å². The van der Waals surface area contributed by atoms with Gasteiger partial charge in [-0.3, -0.25) is 9.59 Å². The van der Waals surface area contributed by atoms with Crippen LogP contribution in [0.2, 0.25) is 0 Å². The van der Waals surface area contributed by atoms with Gasteiger partial charge in [-0.1, -0.05) is 0 Å². The fraction of sp³-hybridized carbons (Fsp3) is 0.857. The lowest BCUT2D eigenvalue weighted by atomic mass is 9.99. The topological polar surface area (TPSA) is 66.4 Å². The average molecular weight is 251 g/mol. The standard InChI is InChI=1S/C14H21NO3/c16-12(9-1-2-10(7-9)13(17)18)15-8-14(5-6-14)11-3-4-11/h9-11H,1-8H2,(H,15,16)(H,17,18)/t9-,10+/m1/s1. The maximum absolute atomic E-state index is 12.0. The van der Waals surface area contributed by atoms with Crippen molar-refractivity contribution in [1.82, 2.24) is 5.32 Å². The molecule has 0 unspecified atom stereocenters. The SMILES string of the molecule is O=C(O)[C@H]1CC[C@@H](C(=O)NCC2(C3CC3)CC2)C1. The van der Waals surface area contributed by atoms with Crippen molar-refractivity contribution in [1.29, 1.82) is 0 Å². The molecule has 0 aromatic carbocycles. The van der Waals surface area contributed by atoms with Gasteiger partial charge in [0, 0.05) is 12.5 Å². The van der Waals surface area contributed by atoms with E-state index in [0.29, 0.717) is 18.3 Å². The van der Waals surface area contributed by atoms with Crippen molar-refractivity contribution >= 4 is 11.9 Å². The Labute approximate surface area is 107 Å². The number of carboxylic acid groups (broad SMARTS) is 1.